The van der Waals surface area contributed by atoms with Crippen molar-refractivity contribution >= 4 is 39.2 Å². The van der Waals surface area contributed by atoms with Crippen LogP contribution >= 0.6 is 23.1 Å². The maximum absolute atomic E-state index is 12.8. The highest BCUT2D eigenvalue weighted by molar-refractivity contribution is 8.02. The average Bonchev–Trinajstić information content (AvgIpc) is 3.02. The zero-order valence-corrected chi connectivity index (χ0v) is 14.9. The van der Waals surface area contributed by atoms with Crippen LogP contribution in [-0.2, 0) is 9.54 Å². The Labute approximate surface area is 148 Å². The number of aliphatic hydroxyl groups is 1. The van der Waals surface area contributed by atoms with E-state index in [9.17, 15) is 4.79 Å². The van der Waals surface area contributed by atoms with Crippen molar-refractivity contribution in [2.24, 2.45) is 0 Å². The highest BCUT2D eigenvalue weighted by Crippen LogP contribution is 2.44. The van der Waals surface area contributed by atoms with Crippen molar-refractivity contribution in [3.8, 4) is 0 Å². The predicted octanol–water partition coefficient (Wildman–Crippen LogP) is 3.41. The molecule has 0 spiro atoms. The molecule has 3 aromatic rings. The van der Waals surface area contributed by atoms with E-state index in [1.807, 2.05) is 61.5 Å². The summed E-state index contributed by atoms with van der Waals surface area (Å²) in [6.07, 6.45) is 0. The number of thiazole rings is 1. The largest absolute Gasteiger partial charge is 0.395 e. The van der Waals surface area contributed by atoms with Gasteiger partial charge < -0.3 is 10.4 Å². The number of thioether (sulfide) groups is 1. The van der Waals surface area contributed by atoms with Crippen molar-refractivity contribution < 1.29 is 9.90 Å². The molecule has 4 nitrogen and oxygen atoms in total. The zero-order chi connectivity index (χ0) is 17.0. The molecule has 1 aromatic heterocycles. The number of amides is 1. The van der Waals surface area contributed by atoms with Crippen molar-refractivity contribution in [2.45, 2.75) is 16.0 Å². The van der Waals surface area contributed by atoms with Gasteiger partial charge in [0.1, 0.15) is 4.75 Å². The first-order chi connectivity index (χ1) is 11.6. The first-order valence-electron chi connectivity index (χ1n) is 7.63. The summed E-state index contributed by atoms with van der Waals surface area (Å²) in [6, 6.07) is 17.6. The first kappa shape index (κ1) is 17.0. The number of hydrogen-bond acceptors (Lipinski definition) is 5. The summed E-state index contributed by atoms with van der Waals surface area (Å²) in [5.74, 6) is -0.132. The van der Waals surface area contributed by atoms with E-state index in [2.05, 4.69) is 10.3 Å². The van der Waals surface area contributed by atoms with Crippen molar-refractivity contribution in [1.82, 2.24) is 10.3 Å². The lowest BCUT2D eigenvalue weighted by atomic mass is 9.99. The number of nitrogens with zero attached hydrogens (tertiary/aromatic N) is 1. The number of fused-ring (bicyclic) bond motifs is 1. The number of para-hydroxylation sites is 1. The molecule has 1 heterocycles. The second kappa shape index (κ2) is 7.34. The summed E-state index contributed by atoms with van der Waals surface area (Å²) in [5, 5.41) is 11.8. The van der Waals surface area contributed by atoms with Crippen LogP contribution in [0.25, 0.3) is 10.2 Å². The molecular formula is C18H18N2O2S2. The number of hydrogen-bond donors (Lipinski definition) is 2. The quantitative estimate of drug-likeness (QED) is 0.663. The molecule has 6 heteroatoms. The van der Waals surface area contributed by atoms with Gasteiger partial charge in [0.2, 0.25) is 5.91 Å². The molecule has 0 radical (unpaired) electrons. The van der Waals surface area contributed by atoms with Crippen LogP contribution in [0.15, 0.2) is 58.9 Å². The Hall–Kier alpha value is -1.89. The summed E-state index contributed by atoms with van der Waals surface area (Å²) < 4.78 is 1.14. The number of carbonyl (C=O) groups is 1. The van der Waals surface area contributed by atoms with E-state index in [4.69, 9.17) is 5.11 Å². The Morgan fingerprint density at radius 1 is 1.21 bits per heavy atom. The van der Waals surface area contributed by atoms with Gasteiger partial charge in [0.05, 0.1) is 16.8 Å². The molecule has 24 heavy (non-hydrogen) atoms. The molecule has 2 aromatic carbocycles. The third kappa shape index (κ3) is 3.45. The molecule has 0 aliphatic rings. The fourth-order valence-corrected chi connectivity index (χ4v) is 4.95. The standard InChI is InChI=1S/C18H18N2O2S2/c1-18(16(22)19-11-12-21,13-7-3-2-4-8-13)24-17-20-14-9-5-6-10-15(14)23-17/h2-10,21H,11-12H2,1H3,(H,19,22). The highest BCUT2D eigenvalue weighted by atomic mass is 32.2. The zero-order valence-electron chi connectivity index (χ0n) is 13.2. The number of aliphatic hydroxyl groups excluding tert-OH is 1. The van der Waals surface area contributed by atoms with E-state index in [-0.39, 0.29) is 19.1 Å². The van der Waals surface area contributed by atoms with Crippen LogP contribution in [0.3, 0.4) is 0 Å². The van der Waals surface area contributed by atoms with Gasteiger partial charge in [0.25, 0.3) is 0 Å². The van der Waals surface area contributed by atoms with Crippen molar-refractivity contribution in [3.05, 3.63) is 60.2 Å². The molecular weight excluding hydrogens is 340 g/mol. The van der Waals surface area contributed by atoms with Gasteiger partial charge in [-0.1, -0.05) is 54.2 Å². The fourth-order valence-electron chi connectivity index (χ4n) is 2.40. The maximum atomic E-state index is 12.8. The van der Waals surface area contributed by atoms with Crippen molar-refractivity contribution in [2.75, 3.05) is 13.2 Å². The molecule has 124 valence electrons. The van der Waals surface area contributed by atoms with Crippen LogP contribution in [0.2, 0.25) is 0 Å². The number of benzene rings is 2. The summed E-state index contributed by atoms with van der Waals surface area (Å²) in [5.41, 5.74) is 1.85. The smallest absolute Gasteiger partial charge is 0.241 e. The maximum Gasteiger partial charge on any atom is 0.241 e. The summed E-state index contributed by atoms with van der Waals surface area (Å²) in [4.78, 5) is 17.4. The van der Waals surface area contributed by atoms with Gasteiger partial charge >= 0.3 is 0 Å². The second-order valence-electron chi connectivity index (χ2n) is 5.43. The van der Waals surface area contributed by atoms with Gasteiger partial charge in [-0.05, 0) is 24.6 Å². The van der Waals surface area contributed by atoms with Crippen LogP contribution < -0.4 is 5.32 Å². The molecule has 1 unspecified atom stereocenters. The summed E-state index contributed by atoms with van der Waals surface area (Å²) in [7, 11) is 0. The molecule has 0 saturated heterocycles. The van der Waals surface area contributed by atoms with Gasteiger partial charge in [-0.15, -0.1) is 11.3 Å². The van der Waals surface area contributed by atoms with Gasteiger partial charge in [-0.2, -0.15) is 0 Å². The highest BCUT2D eigenvalue weighted by Gasteiger charge is 2.37. The van der Waals surface area contributed by atoms with Crippen LogP contribution in [0.5, 0.6) is 0 Å². The number of nitrogens with one attached hydrogen (secondary N) is 1. The number of rotatable bonds is 6. The Morgan fingerprint density at radius 3 is 2.62 bits per heavy atom. The minimum Gasteiger partial charge on any atom is -0.395 e. The fraction of sp³-hybridized carbons (Fsp3) is 0.222. The van der Waals surface area contributed by atoms with E-state index in [1.54, 1.807) is 11.3 Å². The normalized spacial score (nSPS) is 13.6. The molecule has 0 aliphatic heterocycles. The van der Waals surface area contributed by atoms with E-state index in [0.29, 0.717) is 0 Å². The summed E-state index contributed by atoms with van der Waals surface area (Å²) in [6.45, 7) is 2.05. The molecule has 3 rings (SSSR count). The molecule has 0 bridgehead atoms. The molecule has 0 fully saturated rings. The lowest BCUT2D eigenvalue weighted by molar-refractivity contribution is -0.123. The molecule has 0 aliphatic carbocycles. The second-order valence-corrected chi connectivity index (χ2v) is 8.12. The van der Waals surface area contributed by atoms with Crippen LogP contribution in [0.4, 0.5) is 0 Å². The van der Waals surface area contributed by atoms with Crippen LogP contribution in [-0.4, -0.2) is 29.1 Å². The van der Waals surface area contributed by atoms with Gasteiger partial charge in [0, 0.05) is 6.54 Å². The summed E-state index contributed by atoms with van der Waals surface area (Å²) >= 11 is 3.02. The Balaban J connectivity index is 1.96. The Bertz CT molecular complexity index is 802. The Kier molecular flexibility index (Phi) is 5.18. The van der Waals surface area contributed by atoms with Gasteiger partial charge in [-0.25, -0.2) is 4.98 Å². The van der Waals surface area contributed by atoms with Gasteiger partial charge in [0.15, 0.2) is 4.34 Å². The van der Waals surface area contributed by atoms with E-state index >= 15 is 0 Å². The SMILES string of the molecule is CC(Sc1nc2ccccc2s1)(C(=O)NCCO)c1ccccc1. The van der Waals surface area contributed by atoms with E-state index < -0.39 is 4.75 Å². The lowest BCUT2D eigenvalue weighted by Gasteiger charge is -2.27. The third-order valence-electron chi connectivity index (χ3n) is 3.72. The minimum atomic E-state index is -0.815. The van der Waals surface area contributed by atoms with E-state index in [1.165, 1.54) is 11.8 Å². The topological polar surface area (TPSA) is 62.2 Å². The number of carbonyl (C=O) groups excluding carboxylic acids is 1. The third-order valence-corrected chi connectivity index (χ3v) is 6.15. The Morgan fingerprint density at radius 2 is 1.92 bits per heavy atom. The van der Waals surface area contributed by atoms with Gasteiger partial charge in [-0.3, -0.25) is 4.79 Å². The van der Waals surface area contributed by atoms with Crippen molar-refractivity contribution in [3.63, 3.8) is 0 Å². The first-order valence-corrected chi connectivity index (χ1v) is 9.26. The molecule has 1 amide bonds. The average molecular weight is 358 g/mol. The molecule has 1 atom stereocenters. The van der Waals surface area contributed by atoms with Crippen LogP contribution in [0, 0.1) is 0 Å². The van der Waals surface area contributed by atoms with Crippen LogP contribution in [0.1, 0.15) is 12.5 Å². The molecule has 2 N–H and O–H groups in total. The monoisotopic (exact) mass is 358 g/mol. The van der Waals surface area contributed by atoms with E-state index in [0.717, 1.165) is 20.1 Å². The lowest BCUT2D eigenvalue weighted by Crippen LogP contribution is -2.41. The minimum absolute atomic E-state index is 0.0809. The number of aromatic nitrogens is 1. The molecule has 0 saturated carbocycles. The predicted molar refractivity (Wildman–Crippen MR) is 99.4 cm³/mol. The van der Waals surface area contributed by atoms with Crippen molar-refractivity contribution in [1.29, 1.82) is 0 Å².